The number of hydrogen-bond donors (Lipinski definition) is 1. The molecule has 1 N–H and O–H groups in total. The number of nitrogens with one attached hydrogen (secondary N) is 1. The number of sulfonamides is 1. The van der Waals surface area contributed by atoms with Gasteiger partial charge in [0.05, 0.1) is 4.92 Å². The second kappa shape index (κ2) is 6.91. The Morgan fingerprint density at radius 3 is 2.86 bits per heavy atom. The van der Waals surface area contributed by atoms with Gasteiger partial charge in [0, 0.05) is 24.2 Å². The monoisotopic (exact) mass is 347 g/mol. The van der Waals surface area contributed by atoms with Crippen LogP contribution < -0.4 is 4.72 Å². The Labute approximate surface area is 134 Å². The molecule has 0 aliphatic carbocycles. The van der Waals surface area contributed by atoms with Gasteiger partial charge in [-0.3, -0.25) is 10.1 Å². The molecule has 0 amide bonds. The van der Waals surface area contributed by atoms with Crippen LogP contribution in [0.3, 0.4) is 0 Å². The van der Waals surface area contributed by atoms with Crippen LogP contribution in [-0.4, -0.2) is 44.9 Å². The van der Waals surface area contributed by atoms with Crippen molar-refractivity contribution in [1.82, 2.24) is 9.62 Å². The van der Waals surface area contributed by atoms with E-state index in [1.54, 1.807) is 0 Å². The van der Waals surface area contributed by atoms with Crippen LogP contribution in [0.5, 0.6) is 0 Å². The second-order valence-corrected chi connectivity index (χ2v) is 7.66. The van der Waals surface area contributed by atoms with E-state index >= 15 is 0 Å². The molecule has 1 heterocycles. The lowest BCUT2D eigenvalue weighted by atomic mass is 9.99. The van der Waals surface area contributed by atoms with Crippen LogP contribution in [0.25, 0.3) is 0 Å². The van der Waals surface area contributed by atoms with Crippen molar-refractivity contribution in [2.24, 2.45) is 5.92 Å². The zero-order valence-corrected chi connectivity index (χ0v) is 13.7. The maximum Gasteiger partial charge on any atom is 0.289 e. The second-order valence-electron chi connectivity index (χ2n) is 5.49. The van der Waals surface area contributed by atoms with Crippen molar-refractivity contribution < 1.29 is 13.3 Å². The van der Waals surface area contributed by atoms with Gasteiger partial charge in [0.1, 0.15) is 0 Å². The van der Waals surface area contributed by atoms with Crippen molar-refractivity contribution in [2.75, 3.05) is 26.7 Å². The number of nitrogens with zero attached hydrogens (tertiary/aromatic N) is 2. The minimum Gasteiger partial charge on any atom is -0.306 e. The first kappa shape index (κ1) is 17.1. The number of benzene rings is 1. The Balaban J connectivity index is 2.16. The molecule has 7 nitrogen and oxygen atoms in total. The van der Waals surface area contributed by atoms with Crippen LogP contribution in [0.4, 0.5) is 5.69 Å². The lowest BCUT2D eigenvalue weighted by Gasteiger charge is -2.29. The molecule has 0 bridgehead atoms. The van der Waals surface area contributed by atoms with E-state index < -0.39 is 25.5 Å². The van der Waals surface area contributed by atoms with Crippen LogP contribution in [-0.2, 0) is 10.0 Å². The Morgan fingerprint density at radius 2 is 2.23 bits per heavy atom. The molecule has 0 aromatic heterocycles. The van der Waals surface area contributed by atoms with Crippen molar-refractivity contribution in [3.63, 3.8) is 0 Å². The van der Waals surface area contributed by atoms with E-state index in [1.165, 1.54) is 6.07 Å². The van der Waals surface area contributed by atoms with Crippen molar-refractivity contribution in [2.45, 2.75) is 17.7 Å². The summed E-state index contributed by atoms with van der Waals surface area (Å²) in [7, 11) is -1.98. The number of halogens is 1. The van der Waals surface area contributed by atoms with E-state index in [0.29, 0.717) is 0 Å². The largest absolute Gasteiger partial charge is 0.306 e. The smallest absolute Gasteiger partial charge is 0.289 e. The first-order valence-corrected chi connectivity index (χ1v) is 8.78. The predicted molar refractivity (Wildman–Crippen MR) is 83.5 cm³/mol. The van der Waals surface area contributed by atoms with Crippen LogP contribution in [0.2, 0.25) is 5.02 Å². The summed E-state index contributed by atoms with van der Waals surface area (Å²) < 4.78 is 27.2. The molecule has 1 aromatic rings. The van der Waals surface area contributed by atoms with Crippen LogP contribution in [0, 0.1) is 16.0 Å². The molecule has 1 aliphatic rings. The van der Waals surface area contributed by atoms with Gasteiger partial charge >= 0.3 is 0 Å². The van der Waals surface area contributed by atoms with Gasteiger partial charge in [-0.25, -0.2) is 13.1 Å². The van der Waals surface area contributed by atoms with Crippen LogP contribution in [0.15, 0.2) is 23.1 Å². The third kappa shape index (κ3) is 4.16. The molecule has 1 atom stereocenters. The third-order valence-corrected chi connectivity index (χ3v) is 5.38. The van der Waals surface area contributed by atoms with Gasteiger partial charge < -0.3 is 4.90 Å². The maximum absolute atomic E-state index is 12.3. The average Bonchev–Trinajstić information content (AvgIpc) is 2.45. The molecule has 22 heavy (non-hydrogen) atoms. The summed E-state index contributed by atoms with van der Waals surface area (Å²) >= 11 is 5.77. The normalized spacial score (nSPS) is 20.0. The first-order valence-electron chi connectivity index (χ1n) is 6.92. The molecule has 0 spiro atoms. The molecular weight excluding hydrogens is 330 g/mol. The number of nitro groups is 1. The van der Waals surface area contributed by atoms with Gasteiger partial charge in [0.25, 0.3) is 5.69 Å². The highest BCUT2D eigenvalue weighted by atomic mass is 35.5. The standard InChI is InChI=1S/C13H18ClN3O4S/c1-16-6-2-3-10(9-16)8-15-22(20,21)13-7-11(14)4-5-12(13)17(18)19/h4-5,7,10,15H,2-3,6,8-9H2,1H3. The van der Waals surface area contributed by atoms with Gasteiger partial charge in [-0.15, -0.1) is 0 Å². The molecule has 1 saturated heterocycles. The quantitative estimate of drug-likeness (QED) is 0.648. The van der Waals surface area contributed by atoms with Gasteiger partial charge in [0.15, 0.2) is 4.90 Å². The van der Waals surface area contributed by atoms with Crippen LogP contribution in [0.1, 0.15) is 12.8 Å². The fourth-order valence-corrected chi connectivity index (χ4v) is 4.15. The molecule has 1 aromatic carbocycles. The number of piperidine rings is 1. The summed E-state index contributed by atoms with van der Waals surface area (Å²) in [6, 6.07) is 3.51. The van der Waals surface area contributed by atoms with Gasteiger partial charge in [-0.2, -0.15) is 0 Å². The first-order chi connectivity index (χ1) is 10.3. The Kier molecular flexibility index (Phi) is 5.38. The zero-order valence-electron chi connectivity index (χ0n) is 12.2. The highest BCUT2D eigenvalue weighted by Crippen LogP contribution is 2.27. The summed E-state index contributed by atoms with van der Waals surface area (Å²) in [5.41, 5.74) is -0.474. The molecule has 1 unspecified atom stereocenters. The predicted octanol–water partition coefficient (Wildman–Crippen LogP) is 1.87. The zero-order chi connectivity index (χ0) is 16.3. The van der Waals surface area contributed by atoms with E-state index in [1.807, 2.05) is 7.05 Å². The van der Waals surface area contributed by atoms with Gasteiger partial charge in [0.2, 0.25) is 10.0 Å². The van der Waals surface area contributed by atoms with Gasteiger partial charge in [-0.1, -0.05) is 11.6 Å². The van der Waals surface area contributed by atoms with E-state index in [-0.39, 0.29) is 17.5 Å². The maximum atomic E-state index is 12.3. The number of hydrogen-bond acceptors (Lipinski definition) is 5. The summed E-state index contributed by atoms with van der Waals surface area (Å²) in [5, 5.41) is 11.1. The average molecular weight is 348 g/mol. The fourth-order valence-electron chi connectivity index (χ4n) is 2.60. The lowest BCUT2D eigenvalue weighted by Crippen LogP contribution is -2.39. The number of likely N-dealkylation sites (tertiary alicyclic amines) is 1. The lowest BCUT2D eigenvalue weighted by molar-refractivity contribution is -0.387. The topological polar surface area (TPSA) is 92.6 Å². The van der Waals surface area contributed by atoms with E-state index in [4.69, 9.17) is 11.6 Å². The Morgan fingerprint density at radius 1 is 1.50 bits per heavy atom. The summed E-state index contributed by atoms with van der Waals surface area (Å²) in [6.07, 6.45) is 1.95. The highest BCUT2D eigenvalue weighted by molar-refractivity contribution is 7.89. The minimum absolute atomic E-state index is 0.142. The molecule has 0 radical (unpaired) electrons. The summed E-state index contributed by atoms with van der Waals surface area (Å²) in [6.45, 7) is 2.07. The minimum atomic E-state index is -3.97. The highest BCUT2D eigenvalue weighted by Gasteiger charge is 2.27. The molecule has 1 aliphatic heterocycles. The van der Waals surface area contributed by atoms with E-state index in [0.717, 1.165) is 38.1 Å². The van der Waals surface area contributed by atoms with Crippen molar-refractivity contribution in [1.29, 1.82) is 0 Å². The number of nitro benzene ring substituents is 1. The van der Waals surface area contributed by atoms with Crippen molar-refractivity contribution in [3.8, 4) is 0 Å². The van der Waals surface area contributed by atoms with Crippen molar-refractivity contribution >= 4 is 27.3 Å². The van der Waals surface area contributed by atoms with E-state index in [9.17, 15) is 18.5 Å². The SMILES string of the molecule is CN1CCCC(CNS(=O)(=O)c2cc(Cl)ccc2[N+](=O)[O-])C1. The number of rotatable bonds is 5. The van der Waals surface area contributed by atoms with Crippen molar-refractivity contribution in [3.05, 3.63) is 33.3 Å². The van der Waals surface area contributed by atoms with Gasteiger partial charge in [-0.05, 0) is 44.5 Å². The fraction of sp³-hybridized carbons (Fsp3) is 0.538. The summed E-state index contributed by atoms with van der Waals surface area (Å²) in [4.78, 5) is 12.0. The molecular formula is C13H18ClN3O4S. The Bertz CT molecular complexity index is 665. The molecule has 1 fully saturated rings. The molecule has 122 valence electrons. The molecule has 2 rings (SSSR count). The molecule has 0 saturated carbocycles. The Hall–Kier alpha value is -1.22. The molecule has 9 heteroatoms. The van der Waals surface area contributed by atoms with Crippen LogP contribution >= 0.6 is 11.6 Å². The summed E-state index contributed by atoms with van der Waals surface area (Å²) in [5.74, 6) is 0.201. The third-order valence-electron chi connectivity index (χ3n) is 3.69. The van der Waals surface area contributed by atoms with E-state index in [2.05, 4.69) is 9.62 Å².